The minimum Gasteiger partial charge on any atom is -0.281 e. The number of rotatable bonds is 2. The van der Waals surface area contributed by atoms with Gasteiger partial charge in [-0.05, 0) is 0 Å². The van der Waals surface area contributed by atoms with E-state index in [-0.39, 0.29) is 5.56 Å². The van der Waals surface area contributed by atoms with Gasteiger partial charge in [-0.3, -0.25) is 13.9 Å². The first-order chi connectivity index (χ1) is 10.1. The molecule has 0 bridgehead atoms. The molecule has 0 aliphatic rings. The highest BCUT2D eigenvalue weighted by atomic mass is 16.2. The first kappa shape index (κ1) is 13.0. The Bertz CT molecular complexity index is 905. The quantitative estimate of drug-likeness (QED) is 0.679. The van der Waals surface area contributed by atoms with Crippen LogP contribution in [0.15, 0.2) is 52.2 Å². The number of hydrogen-bond donors (Lipinski definition) is 0. The molecule has 7 heteroatoms. The van der Waals surface area contributed by atoms with E-state index in [1.54, 1.807) is 13.2 Å². The molecule has 0 aliphatic heterocycles. The minimum atomic E-state index is -0.410. The molecular formula is C14H13N5O2. The summed E-state index contributed by atoms with van der Waals surface area (Å²) >= 11 is 0. The zero-order valence-corrected chi connectivity index (χ0v) is 11.6. The standard InChI is InChI=1S/C14H13N5O2/c1-17-12(8-13(20)18(2)14(17)21)19-11(9-15-16-19)10-6-4-3-5-7-10/h3-9H,1-2H3. The van der Waals surface area contributed by atoms with E-state index in [1.807, 2.05) is 30.3 Å². The smallest absolute Gasteiger partial charge is 0.281 e. The minimum absolute atomic E-state index is 0.374. The largest absolute Gasteiger partial charge is 0.332 e. The van der Waals surface area contributed by atoms with Crippen molar-refractivity contribution in [1.29, 1.82) is 0 Å². The number of nitrogens with zero attached hydrogens (tertiary/aromatic N) is 5. The third-order valence-electron chi connectivity index (χ3n) is 3.34. The molecule has 0 saturated heterocycles. The highest BCUT2D eigenvalue weighted by molar-refractivity contribution is 5.59. The summed E-state index contributed by atoms with van der Waals surface area (Å²) in [6.45, 7) is 0. The van der Waals surface area contributed by atoms with Gasteiger partial charge in [0, 0.05) is 25.7 Å². The zero-order chi connectivity index (χ0) is 15.0. The summed E-state index contributed by atoms with van der Waals surface area (Å²) in [5.41, 5.74) is 0.809. The van der Waals surface area contributed by atoms with Crippen LogP contribution in [0.3, 0.4) is 0 Å². The van der Waals surface area contributed by atoms with Gasteiger partial charge < -0.3 is 0 Å². The second kappa shape index (κ2) is 4.86. The molecule has 0 aliphatic carbocycles. The van der Waals surface area contributed by atoms with Gasteiger partial charge in [0.25, 0.3) is 5.56 Å². The Hall–Kier alpha value is -2.96. The van der Waals surface area contributed by atoms with Crippen molar-refractivity contribution < 1.29 is 0 Å². The molecule has 0 saturated carbocycles. The van der Waals surface area contributed by atoms with Crippen molar-refractivity contribution in [3.05, 3.63) is 63.4 Å². The van der Waals surface area contributed by atoms with Gasteiger partial charge in [-0.15, -0.1) is 5.10 Å². The average Bonchev–Trinajstić information content (AvgIpc) is 2.99. The molecule has 0 atom stereocenters. The normalized spacial score (nSPS) is 10.8. The van der Waals surface area contributed by atoms with Crippen LogP contribution in [0.25, 0.3) is 17.1 Å². The zero-order valence-electron chi connectivity index (χ0n) is 11.6. The fourth-order valence-corrected chi connectivity index (χ4v) is 2.13. The molecule has 0 N–H and O–H groups in total. The molecule has 2 heterocycles. The Balaban J connectivity index is 2.27. The summed E-state index contributed by atoms with van der Waals surface area (Å²) in [5, 5.41) is 7.88. The molecule has 1 aromatic carbocycles. The lowest BCUT2D eigenvalue weighted by molar-refractivity contribution is 0.640. The molecule has 3 aromatic rings. The fraction of sp³-hybridized carbons (Fsp3) is 0.143. The highest BCUT2D eigenvalue weighted by Crippen LogP contribution is 2.19. The monoisotopic (exact) mass is 283 g/mol. The predicted molar refractivity (Wildman–Crippen MR) is 77.3 cm³/mol. The van der Waals surface area contributed by atoms with E-state index in [4.69, 9.17) is 0 Å². The first-order valence-electron chi connectivity index (χ1n) is 6.33. The van der Waals surface area contributed by atoms with Gasteiger partial charge in [-0.1, -0.05) is 35.5 Å². The van der Waals surface area contributed by atoms with Gasteiger partial charge >= 0.3 is 5.69 Å². The third kappa shape index (κ3) is 2.08. The summed E-state index contributed by atoms with van der Waals surface area (Å²) in [5.74, 6) is 0.374. The Labute approximate surface area is 119 Å². The van der Waals surface area contributed by atoms with Crippen molar-refractivity contribution in [3.63, 3.8) is 0 Å². The van der Waals surface area contributed by atoms with Crippen LogP contribution in [0.1, 0.15) is 0 Å². The number of hydrogen-bond acceptors (Lipinski definition) is 4. The second-order valence-corrected chi connectivity index (χ2v) is 4.64. The van der Waals surface area contributed by atoms with Crippen molar-refractivity contribution in [2.75, 3.05) is 0 Å². The van der Waals surface area contributed by atoms with E-state index in [2.05, 4.69) is 10.3 Å². The van der Waals surface area contributed by atoms with Crippen LogP contribution in [-0.4, -0.2) is 24.1 Å². The van der Waals surface area contributed by atoms with Gasteiger partial charge in [0.1, 0.15) is 5.82 Å². The highest BCUT2D eigenvalue weighted by Gasteiger charge is 2.13. The molecule has 7 nitrogen and oxygen atoms in total. The van der Waals surface area contributed by atoms with E-state index in [1.165, 1.54) is 22.4 Å². The van der Waals surface area contributed by atoms with Crippen LogP contribution in [0.2, 0.25) is 0 Å². The average molecular weight is 283 g/mol. The van der Waals surface area contributed by atoms with E-state index >= 15 is 0 Å². The summed E-state index contributed by atoms with van der Waals surface area (Å²) < 4.78 is 3.89. The van der Waals surface area contributed by atoms with E-state index < -0.39 is 5.69 Å². The Kier molecular flexibility index (Phi) is 3.02. The summed E-state index contributed by atoms with van der Waals surface area (Å²) in [6, 6.07) is 10.9. The molecule has 0 fully saturated rings. The van der Waals surface area contributed by atoms with Crippen molar-refractivity contribution in [2.24, 2.45) is 14.1 Å². The van der Waals surface area contributed by atoms with Gasteiger partial charge in [0.05, 0.1) is 11.9 Å². The van der Waals surface area contributed by atoms with Crippen molar-refractivity contribution in [3.8, 4) is 17.1 Å². The molecule has 0 spiro atoms. The van der Waals surface area contributed by atoms with Crippen molar-refractivity contribution in [1.82, 2.24) is 24.1 Å². The maximum absolute atomic E-state index is 12.0. The van der Waals surface area contributed by atoms with E-state index in [9.17, 15) is 9.59 Å². The van der Waals surface area contributed by atoms with Gasteiger partial charge in [0.2, 0.25) is 0 Å². The van der Waals surface area contributed by atoms with Crippen molar-refractivity contribution >= 4 is 0 Å². The Morgan fingerprint density at radius 3 is 2.43 bits per heavy atom. The van der Waals surface area contributed by atoms with Crippen LogP contribution < -0.4 is 11.2 Å². The summed E-state index contributed by atoms with van der Waals surface area (Å²) in [4.78, 5) is 23.9. The van der Waals surface area contributed by atoms with E-state index in [0.29, 0.717) is 11.5 Å². The number of benzene rings is 1. The molecule has 0 radical (unpaired) electrons. The molecule has 2 aromatic heterocycles. The molecule has 21 heavy (non-hydrogen) atoms. The van der Waals surface area contributed by atoms with Gasteiger partial charge in [-0.25, -0.2) is 4.79 Å². The van der Waals surface area contributed by atoms with Crippen LogP contribution in [0.4, 0.5) is 0 Å². The maximum atomic E-state index is 12.0. The van der Waals surface area contributed by atoms with Crippen LogP contribution in [-0.2, 0) is 14.1 Å². The van der Waals surface area contributed by atoms with Gasteiger partial charge in [0.15, 0.2) is 0 Å². The molecule has 3 rings (SSSR count). The fourth-order valence-electron chi connectivity index (χ4n) is 2.13. The third-order valence-corrected chi connectivity index (χ3v) is 3.34. The van der Waals surface area contributed by atoms with Crippen LogP contribution in [0, 0.1) is 0 Å². The lowest BCUT2D eigenvalue weighted by atomic mass is 10.2. The second-order valence-electron chi connectivity index (χ2n) is 4.64. The van der Waals surface area contributed by atoms with E-state index in [0.717, 1.165) is 10.1 Å². The van der Waals surface area contributed by atoms with Gasteiger partial charge in [-0.2, -0.15) is 4.68 Å². The number of aromatic nitrogens is 5. The molecular weight excluding hydrogens is 270 g/mol. The Morgan fingerprint density at radius 1 is 1.00 bits per heavy atom. The lowest BCUT2D eigenvalue weighted by Gasteiger charge is -2.11. The molecule has 106 valence electrons. The summed E-state index contributed by atoms with van der Waals surface area (Å²) in [6.07, 6.45) is 1.59. The topological polar surface area (TPSA) is 74.7 Å². The SMILES string of the molecule is Cn1c(-n2nncc2-c2ccccc2)cc(=O)n(C)c1=O. The van der Waals surface area contributed by atoms with Crippen molar-refractivity contribution in [2.45, 2.75) is 0 Å². The predicted octanol–water partition coefficient (Wildman–Crippen LogP) is 0.332. The molecule has 0 amide bonds. The molecule has 0 unspecified atom stereocenters. The Morgan fingerprint density at radius 2 is 1.71 bits per heavy atom. The maximum Gasteiger partial charge on any atom is 0.332 e. The lowest BCUT2D eigenvalue weighted by Crippen LogP contribution is -2.38. The van der Waals surface area contributed by atoms with Crippen LogP contribution >= 0.6 is 0 Å². The summed E-state index contributed by atoms with van der Waals surface area (Å²) in [7, 11) is 3.03. The first-order valence-corrected chi connectivity index (χ1v) is 6.33. The van der Waals surface area contributed by atoms with Crippen LogP contribution in [0.5, 0.6) is 0 Å².